The van der Waals surface area contributed by atoms with Crippen molar-refractivity contribution in [2.24, 2.45) is 5.73 Å². The summed E-state index contributed by atoms with van der Waals surface area (Å²) in [5, 5.41) is 16.8. The van der Waals surface area contributed by atoms with Crippen LogP contribution < -0.4 is 21.1 Å². The highest BCUT2D eigenvalue weighted by molar-refractivity contribution is 6.04. The molecule has 13 heteroatoms. The highest BCUT2D eigenvalue weighted by Gasteiger charge is 2.32. The molecular formula is C34H40F4N4O5. The van der Waals surface area contributed by atoms with Gasteiger partial charge in [-0.15, -0.1) is 0 Å². The Morgan fingerprint density at radius 1 is 0.936 bits per heavy atom. The second-order valence-corrected chi connectivity index (χ2v) is 11.1. The van der Waals surface area contributed by atoms with Crippen molar-refractivity contribution < 1.29 is 41.8 Å². The Morgan fingerprint density at radius 2 is 1.60 bits per heavy atom. The molecule has 47 heavy (non-hydrogen) atoms. The molecule has 254 valence electrons. The van der Waals surface area contributed by atoms with E-state index in [0.717, 1.165) is 17.7 Å². The molecule has 0 radical (unpaired) electrons. The van der Waals surface area contributed by atoms with Crippen LogP contribution in [0.5, 0.6) is 5.75 Å². The first-order valence-electron chi connectivity index (χ1n) is 15.2. The Kier molecular flexibility index (Phi) is 13.3. The minimum atomic E-state index is -4.83. The van der Waals surface area contributed by atoms with E-state index in [1.165, 1.54) is 25.3 Å². The lowest BCUT2D eigenvalue weighted by atomic mass is 9.97. The number of nitrogens with zero attached hydrogens (tertiary/aromatic N) is 1. The fourth-order valence-corrected chi connectivity index (χ4v) is 5.07. The molecule has 3 amide bonds. The van der Waals surface area contributed by atoms with Crippen LogP contribution in [0.25, 0.3) is 0 Å². The van der Waals surface area contributed by atoms with Gasteiger partial charge in [-0.25, -0.2) is 4.39 Å². The first kappa shape index (κ1) is 37.0. The monoisotopic (exact) mass is 660 g/mol. The van der Waals surface area contributed by atoms with Gasteiger partial charge in [0.2, 0.25) is 5.91 Å². The van der Waals surface area contributed by atoms with Crippen molar-refractivity contribution in [3.05, 3.63) is 99.9 Å². The quantitative estimate of drug-likeness (QED) is 0.165. The third-order valence-corrected chi connectivity index (χ3v) is 7.34. The summed E-state index contributed by atoms with van der Waals surface area (Å²) in [7, 11) is 1.52. The fourth-order valence-electron chi connectivity index (χ4n) is 5.07. The number of primary amides is 1. The van der Waals surface area contributed by atoms with Gasteiger partial charge >= 0.3 is 6.18 Å². The van der Waals surface area contributed by atoms with Crippen LogP contribution in [-0.2, 0) is 19.1 Å². The molecule has 2 atom stereocenters. The molecule has 0 bridgehead atoms. The number of amides is 3. The molecule has 0 saturated heterocycles. The van der Waals surface area contributed by atoms with Crippen LogP contribution in [0.2, 0.25) is 0 Å². The van der Waals surface area contributed by atoms with Gasteiger partial charge in [-0.3, -0.25) is 14.4 Å². The van der Waals surface area contributed by atoms with Crippen LogP contribution in [0.15, 0.2) is 60.7 Å². The van der Waals surface area contributed by atoms with Gasteiger partial charge in [0.1, 0.15) is 11.6 Å². The summed E-state index contributed by atoms with van der Waals surface area (Å²) in [4.78, 5) is 40.7. The van der Waals surface area contributed by atoms with Crippen molar-refractivity contribution in [2.45, 2.75) is 58.0 Å². The predicted molar refractivity (Wildman–Crippen MR) is 169 cm³/mol. The zero-order valence-corrected chi connectivity index (χ0v) is 26.5. The number of aliphatic hydroxyl groups excluding tert-OH is 1. The van der Waals surface area contributed by atoms with Crippen LogP contribution in [-0.4, -0.2) is 66.6 Å². The molecule has 9 nitrogen and oxygen atoms in total. The summed E-state index contributed by atoms with van der Waals surface area (Å²) in [6, 6.07) is 11.7. The maximum Gasteiger partial charge on any atom is 0.416 e. The number of halogens is 4. The molecule has 2 unspecified atom stereocenters. The molecule has 3 aromatic rings. The van der Waals surface area contributed by atoms with E-state index in [4.69, 9.17) is 10.5 Å². The summed E-state index contributed by atoms with van der Waals surface area (Å²) in [5.74, 6) is -2.65. The van der Waals surface area contributed by atoms with Crippen LogP contribution in [0.3, 0.4) is 0 Å². The van der Waals surface area contributed by atoms with Crippen LogP contribution in [0.4, 0.5) is 17.6 Å². The van der Waals surface area contributed by atoms with Crippen LogP contribution in [0.1, 0.15) is 74.5 Å². The van der Waals surface area contributed by atoms with Crippen molar-refractivity contribution in [3.63, 3.8) is 0 Å². The lowest BCUT2D eigenvalue weighted by Gasteiger charge is -2.26. The van der Waals surface area contributed by atoms with Crippen molar-refractivity contribution in [2.75, 3.05) is 26.7 Å². The number of carbonyl (C=O) groups is 3. The topological polar surface area (TPSA) is 134 Å². The van der Waals surface area contributed by atoms with Gasteiger partial charge in [0, 0.05) is 42.9 Å². The Balaban J connectivity index is 1.93. The number of nitrogens with one attached hydrogen (secondary N) is 2. The van der Waals surface area contributed by atoms with Gasteiger partial charge < -0.3 is 31.1 Å². The highest BCUT2D eigenvalue weighted by atomic mass is 19.4. The number of benzene rings is 3. The maximum atomic E-state index is 14.3. The predicted octanol–water partition coefficient (Wildman–Crippen LogP) is 4.71. The lowest BCUT2D eigenvalue weighted by Crippen LogP contribution is -2.48. The van der Waals surface area contributed by atoms with E-state index in [2.05, 4.69) is 10.6 Å². The Hall–Kier alpha value is -4.49. The number of hydrogen-bond acceptors (Lipinski definition) is 6. The van der Waals surface area contributed by atoms with E-state index in [0.29, 0.717) is 37.7 Å². The smallest absolute Gasteiger partial charge is 0.416 e. The molecule has 0 aliphatic rings. The van der Waals surface area contributed by atoms with Crippen molar-refractivity contribution in [1.29, 1.82) is 0 Å². The molecule has 0 saturated carbocycles. The zero-order chi connectivity index (χ0) is 34.7. The van der Waals surface area contributed by atoms with E-state index in [-0.39, 0.29) is 41.8 Å². The number of methoxy groups -OCH3 is 1. The van der Waals surface area contributed by atoms with E-state index in [1.807, 2.05) is 19.9 Å². The van der Waals surface area contributed by atoms with Gasteiger partial charge in [0.15, 0.2) is 0 Å². The molecule has 0 spiro atoms. The summed E-state index contributed by atoms with van der Waals surface area (Å²) in [6.07, 6.45) is -5.22. The number of carbonyl (C=O) groups excluding carboxylic acids is 3. The summed E-state index contributed by atoms with van der Waals surface area (Å²) in [6.45, 7) is 4.87. The van der Waals surface area contributed by atoms with Gasteiger partial charge in [-0.1, -0.05) is 26.0 Å². The molecule has 0 aliphatic heterocycles. The van der Waals surface area contributed by atoms with Gasteiger partial charge in [-0.05, 0) is 78.9 Å². The summed E-state index contributed by atoms with van der Waals surface area (Å²) < 4.78 is 59.8. The van der Waals surface area contributed by atoms with Crippen molar-refractivity contribution >= 4 is 17.7 Å². The minimum absolute atomic E-state index is 0.0466. The molecule has 0 aliphatic carbocycles. The second kappa shape index (κ2) is 16.9. The first-order chi connectivity index (χ1) is 22.2. The molecule has 5 N–H and O–H groups in total. The molecule has 0 fully saturated rings. The lowest BCUT2D eigenvalue weighted by molar-refractivity contribution is -0.137. The van der Waals surface area contributed by atoms with Crippen molar-refractivity contribution in [3.8, 4) is 5.75 Å². The Bertz CT molecular complexity index is 1540. The molecular weight excluding hydrogens is 620 g/mol. The van der Waals surface area contributed by atoms with E-state index in [9.17, 15) is 37.1 Å². The normalized spacial score (nSPS) is 12.7. The Morgan fingerprint density at radius 3 is 2.21 bits per heavy atom. The molecule has 3 aromatic carbocycles. The number of nitrogens with two attached hydrogens (primary N) is 1. The summed E-state index contributed by atoms with van der Waals surface area (Å²) >= 11 is 0. The average molecular weight is 661 g/mol. The molecule has 0 aromatic heterocycles. The van der Waals surface area contributed by atoms with Gasteiger partial charge in [0.05, 0.1) is 24.8 Å². The third-order valence-electron chi connectivity index (χ3n) is 7.34. The van der Waals surface area contributed by atoms with Crippen LogP contribution in [0, 0.1) is 5.82 Å². The maximum absolute atomic E-state index is 14.3. The first-order valence-corrected chi connectivity index (χ1v) is 15.2. The minimum Gasteiger partial charge on any atom is -0.497 e. The Labute approximate surface area is 271 Å². The zero-order valence-electron chi connectivity index (χ0n) is 26.5. The van der Waals surface area contributed by atoms with E-state index in [1.54, 1.807) is 23.1 Å². The van der Waals surface area contributed by atoms with E-state index >= 15 is 0 Å². The second-order valence-electron chi connectivity index (χ2n) is 11.1. The fraction of sp³-hybridized carbons (Fsp3) is 0.382. The largest absolute Gasteiger partial charge is 0.497 e. The standard InChI is InChI=1S/C34H40F4N4O5/c1-4-9-42(10-5-2)33(46)25-16-23(31(39)44)15-24(17-25)32(45)41-29(14-22-11-26(34(36,37)38)18-27(35)12-22)30(43)20-40-19-21-7-6-8-28(13-21)47-3/h6-8,11-13,15-18,29-30,40,43H,4-5,9-10,14,19-20H2,1-3H3,(H2,39,44)(H,41,45). The number of ether oxygens (including phenoxy) is 1. The van der Waals surface area contributed by atoms with Crippen molar-refractivity contribution in [1.82, 2.24) is 15.5 Å². The average Bonchev–Trinajstić information content (AvgIpc) is 3.03. The number of rotatable bonds is 16. The van der Waals surface area contributed by atoms with Gasteiger partial charge in [0.25, 0.3) is 11.8 Å². The number of alkyl halides is 3. The number of aliphatic hydroxyl groups is 1. The molecule has 3 rings (SSSR count). The van der Waals surface area contributed by atoms with Crippen LogP contribution >= 0.6 is 0 Å². The van der Waals surface area contributed by atoms with Gasteiger partial charge in [-0.2, -0.15) is 13.2 Å². The third kappa shape index (κ3) is 10.8. The highest BCUT2D eigenvalue weighted by Crippen LogP contribution is 2.31. The summed E-state index contributed by atoms with van der Waals surface area (Å²) in [5.41, 5.74) is 4.79. The SMILES string of the molecule is CCCN(CCC)C(=O)c1cc(C(N)=O)cc(C(=O)NC(Cc2cc(F)cc(C(F)(F)F)c2)C(O)CNCc2cccc(OC)c2)c1. The van der Waals surface area contributed by atoms with E-state index < -0.39 is 47.4 Å². The molecule has 0 heterocycles. The number of hydrogen-bond donors (Lipinski definition) is 4.